The number of aromatic nitrogens is 4. The summed E-state index contributed by atoms with van der Waals surface area (Å²) >= 11 is 0. The number of amides is 1. The molecule has 1 aliphatic rings. The molecule has 134 valence electrons. The smallest absolute Gasteiger partial charge is 0.325 e. The van der Waals surface area contributed by atoms with Crippen molar-refractivity contribution in [3.8, 4) is 0 Å². The Kier molecular flexibility index (Phi) is 5.16. The second kappa shape index (κ2) is 7.50. The summed E-state index contributed by atoms with van der Waals surface area (Å²) in [6, 6.07) is 1.92. The molecule has 8 heteroatoms. The molecule has 0 aliphatic carbocycles. The Morgan fingerprint density at radius 1 is 1.28 bits per heavy atom. The van der Waals surface area contributed by atoms with Gasteiger partial charge in [0.2, 0.25) is 5.91 Å². The minimum atomic E-state index is -0.517. The highest BCUT2D eigenvalue weighted by atomic mass is 16.2. The molecule has 0 unspecified atom stereocenters. The number of nitrogens with one attached hydrogen (secondary N) is 2. The Hall–Kier alpha value is -2.64. The highest BCUT2D eigenvalue weighted by Gasteiger charge is 2.23. The summed E-state index contributed by atoms with van der Waals surface area (Å²) in [5.74, 6) is 0.593. The summed E-state index contributed by atoms with van der Waals surface area (Å²) in [7, 11) is 0. The minimum absolute atomic E-state index is 0.0579. The van der Waals surface area contributed by atoms with Crippen molar-refractivity contribution in [1.82, 2.24) is 24.6 Å². The third-order valence-corrected chi connectivity index (χ3v) is 4.82. The molecule has 2 aromatic heterocycles. The zero-order chi connectivity index (χ0) is 17.8. The Labute approximate surface area is 144 Å². The third kappa shape index (κ3) is 4.26. The maximum absolute atomic E-state index is 12.4. The normalized spacial score (nSPS) is 15.5. The number of aryl methyl sites for hydroxylation is 1. The molecule has 0 aromatic carbocycles. The molecule has 0 radical (unpaired) electrons. The lowest BCUT2D eigenvalue weighted by Crippen LogP contribution is -2.39. The van der Waals surface area contributed by atoms with Gasteiger partial charge in [-0.25, -0.2) is 4.79 Å². The fourth-order valence-electron chi connectivity index (χ4n) is 3.35. The van der Waals surface area contributed by atoms with Crippen LogP contribution in [0.3, 0.4) is 0 Å². The molecular weight excluding hydrogens is 322 g/mol. The second-order valence-electron chi connectivity index (χ2n) is 6.56. The first-order chi connectivity index (χ1) is 12.0. The van der Waals surface area contributed by atoms with Gasteiger partial charge in [-0.15, -0.1) is 0 Å². The number of carbonyl (C=O) groups excluding carboxylic acids is 1. The molecule has 1 amide bonds. The van der Waals surface area contributed by atoms with E-state index in [9.17, 15) is 14.4 Å². The van der Waals surface area contributed by atoms with E-state index in [0.717, 1.165) is 32.5 Å². The van der Waals surface area contributed by atoms with Crippen LogP contribution >= 0.6 is 0 Å². The van der Waals surface area contributed by atoms with Gasteiger partial charge in [-0.2, -0.15) is 5.10 Å². The molecule has 1 fully saturated rings. The standard InChI is InChI=1S/C17H23N5O3/c1-12-14(16(24)20-17(25)19-12)3-4-15(23)21-9-5-13(6-10-21)11-22-8-2-7-18-22/h2,7-8,13H,3-6,9-11H2,1H3,(H2,19,20,24,25). The van der Waals surface area contributed by atoms with Crippen molar-refractivity contribution in [2.75, 3.05) is 13.1 Å². The molecule has 0 bridgehead atoms. The topological polar surface area (TPSA) is 104 Å². The molecule has 25 heavy (non-hydrogen) atoms. The quantitative estimate of drug-likeness (QED) is 0.820. The minimum Gasteiger partial charge on any atom is -0.343 e. The predicted molar refractivity (Wildman–Crippen MR) is 92.3 cm³/mol. The van der Waals surface area contributed by atoms with Crippen LogP contribution in [0, 0.1) is 12.8 Å². The first-order valence-electron chi connectivity index (χ1n) is 8.60. The summed E-state index contributed by atoms with van der Waals surface area (Å²) in [4.78, 5) is 42.1. The van der Waals surface area contributed by atoms with E-state index in [1.165, 1.54) is 0 Å². The number of piperidine rings is 1. The van der Waals surface area contributed by atoms with Crippen molar-refractivity contribution in [2.24, 2.45) is 5.92 Å². The van der Waals surface area contributed by atoms with Gasteiger partial charge in [-0.1, -0.05) is 0 Å². The maximum atomic E-state index is 12.4. The average Bonchev–Trinajstić information content (AvgIpc) is 3.07. The van der Waals surface area contributed by atoms with Gasteiger partial charge in [0.1, 0.15) is 0 Å². The van der Waals surface area contributed by atoms with Crippen molar-refractivity contribution in [3.05, 3.63) is 50.6 Å². The number of carbonyl (C=O) groups is 1. The molecule has 0 spiro atoms. The van der Waals surface area contributed by atoms with Crippen molar-refractivity contribution in [1.29, 1.82) is 0 Å². The molecular formula is C17H23N5O3. The molecule has 2 aromatic rings. The largest absolute Gasteiger partial charge is 0.343 e. The van der Waals surface area contributed by atoms with Gasteiger partial charge in [0.15, 0.2) is 0 Å². The van der Waals surface area contributed by atoms with Crippen molar-refractivity contribution in [3.63, 3.8) is 0 Å². The predicted octanol–water partition coefficient (Wildman–Crippen LogP) is 0.440. The number of H-pyrrole nitrogens is 2. The summed E-state index contributed by atoms with van der Waals surface area (Å²) in [6.07, 6.45) is 6.28. The highest BCUT2D eigenvalue weighted by Crippen LogP contribution is 2.19. The SMILES string of the molecule is Cc1[nH]c(=O)[nH]c(=O)c1CCC(=O)N1CCC(Cn2cccn2)CC1. The number of likely N-dealkylation sites (tertiary alicyclic amines) is 1. The summed E-state index contributed by atoms with van der Waals surface area (Å²) in [5.41, 5.74) is 0.0739. The van der Waals surface area contributed by atoms with Gasteiger partial charge in [-0.3, -0.25) is 19.3 Å². The Morgan fingerprint density at radius 2 is 2.04 bits per heavy atom. The Bertz CT molecular complexity index is 829. The van der Waals surface area contributed by atoms with E-state index in [-0.39, 0.29) is 12.3 Å². The monoisotopic (exact) mass is 345 g/mol. The van der Waals surface area contributed by atoms with Gasteiger partial charge in [0.05, 0.1) is 0 Å². The first-order valence-corrected chi connectivity index (χ1v) is 8.60. The molecule has 8 nitrogen and oxygen atoms in total. The number of rotatable bonds is 5. The highest BCUT2D eigenvalue weighted by molar-refractivity contribution is 5.76. The second-order valence-corrected chi connectivity index (χ2v) is 6.56. The molecule has 3 heterocycles. The van der Waals surface area contributed by atoms with E-state index in [2.05, 4.69) is 15.1 Å². The van der Waals surface area contributed by atoms with Crippen LogP contribution in [-0.4, -0.2) is 43.6 Å². The van der Waals surface area contributed by atoms with Crippen molar-refractivity contribution < 1.29 is 4.79 Å². The van der Waals surface area contributed by atoms with Crippen LogP contribution in [0.15, 0.2) is 28.0 Å². The number of hydrogen-bond donors (Lipinski definition) is 2. The fourth-order valence-corrected chi connectivity index (χ4v) is 3.35. The first kappa shape index (κ1) is 17.2. The lowest BCUT2D eigenvalue weighted by Gasteiger charge is -2.32. The van der Waals surface area contributed by atoms with Crippen LogP contribution in [0.25, 0.3) is 0 Å². The van der Waals surface area contributed by atoms with Gasteiger partial charge in [-0.05, 0) is 38.2 Å². The van der Waals surface area contributed by atoms with E-state index in [1.54, 1.807) is 13.1 Å². The molecule has 1 saturated heterocycles. The zero-order valence-electron chi connectivity index (χ0n) is 14.3. The van der Waals surface area contributed by atoms with Crippen LogP contribution in [0.2, 0.25) is 0 Å². The molecule has 0 atom stereocenters. The molecule has 3 rings (SSSR count). The van der Waals surface area contributed by atoms with E-state index in [1.807, 2.05) is 21.8 Å². The lowest BCUT2D eigenvalue weighted by molar-refractivity contribution is -0.132. The van der Waals surface area contributed by atoms with Crippen LogP contribution in [-0.2, 0) is 17.8 Å². The fraction of sp³-hybridized carbons (Fsp3) is 0.529. The Morgan fingerprint density at radius 3 is 2.68 bits per heavy atom. The van der Waals surface area contributed by atoms with Gasteiger partial charge in [0.25, 0.3) is 5.56 Å². The zero-order valence-corrected chi connectivity index (χ0v) is 14.3. The number of aromatic amines is 2. The lowest BCUT2D eigenvalue weighted by atomic mass is 9.96. The van der Waals surface area contributed by atoms with Gasteiger partial charge in [0, 0.05) is 49.7 Å². The van der Waals surface area contributed by atoms with Gasteiger partial charge >= 0.3 is 5.69 Å². The van der Waals surface area contributed by atoms with E-state index >= 15 is 0 Å². The van der Waals surface area contributed by atoms with E-state index in [4.69, 9.17) is 0 Å². The van der Waals surface area contributed by atoms with Crippen LogP contribution in [0.4, 0.5) is 0 Å². The maximum Gasteiger partial charge on any atom is 0.325 e. The van der Waals surface area contributed by atoms with Crippen molar-refractivity contribution in [2.45, 2.75) is 39.2 Å². The number of nitrogens with zero attached hydrogens (tertiary/aromatic N) is 3. The average molecular weight is 345 g/mol. The summed E-state index contributed by atoms with van der Waals surface area (Å²) in [5, 5.41) is 4.23. The van der Waals surface area contributed by atoms with Crippen LogP contribution < -0.4 is 11.2 Å². The van der Waals surface area contributed by atoms with Gasteiger partial charge < -0.3 is 9.88 Å². The molecule has 0 saturated carbocycles. The van der Waals surface area contributed by atoms with Crippen LogP contribution in [0.1, 0.15) is 30.5 Å². The summed E-state index contributed by atoms with van der Waals surface area (Å²) in [6.45, 7) is 4.05. The van der Waals surface area contributed by atoms with Crippen LogP contribution in [0.5, 0.6) is 0 Å². The molecule has 1 aliphatic heterocycles. The summed E-state index contributed by atoms with van der Waals surface area (Å²) < 4.78 is 1.94. The van der Waals surface area contributed by atoms with E-state index < -0.39 is 11.2 Å². The third-order valence-electron chi connectivity index (χ3n) is 4.82. The van der Waals surface area contributed by atoms with Crippen molar-refractivity contribution >= 4 is 5.91 Å². The Balaban J connectivity index is 1.50. The molecule has 2 N–H and O–H groups in total. The number of hydrogen-bond acceptors (Lipinski definition) is 4. The van der Waals surface area contributed by atoms with E-state index in [0.29, 0.717) is 23.6 Å².